The van der Waals surface area contributed by atoms with Gasteiger partial charge in [-0.05, 0) is 42.1 Å². The summed E-state index contributed by atoms with van der Waals surface area (Å²) in [7, 11) is 5.55. The molecule has 3 rings (SSSR count). The first-order valence-corrected chi connectivity index (χ1v) is 10.1. The molecular weight excluding hydrogens is 376 g/mol. The summed E-state index contributed by atoms with van der Waals surface area (Å²) in [5.41, 5.74) is 1.18. The van der Waals surface area contributed by atoms with E-state index in [1.54, 1.807) is 30.2 Å². The SMILES string of the molecule is COc1ccc(C(=O)C2C(=O)C(=O)N(CC[NH+](C)C)C2c2cccs2)c(C)c1. The first-order valence-electron chi connectivity index (χ1n) is 9.21. The second kappa shape index (κ2) is 8.24. The lowest BCUT2D eigenvalue weighted by Crippen LogP contribution is -3.06. The Morgan fingerprint density at radius 3 is 2.57 bits per heavy atom. The Morgan fingerprint density at radius 2 is 2.00 bits per heavy atom. The molecule has 148 valence electrons. The number of hydrogen-bond acceptors (Lipinski definition) is 5. The van der Waals surface area contributed by atoms with E-state index in [9.17, 15) is 14.4 Å². The van der Waals surface area contributed by atoms with Crippen molar-refractivity contribution in [1.29, 1.82) is 0 Å². The highest BCUT2D eigenvalue weighted by Crippen LogP contribution is 2.40. The van der Waals surface area contributed by atoms with Crippen LogP contribution in [0.2, 0.25) is 0 Å². The van der Waals surface area contributed by atoms with Gasteiger partial charge in [-0.25, -0.2) is 0 Å². The molecule has 0 radical (unpaired) electrons. The average Bonchev–Trinajstić information content (AvgIpc) is 3.27. The molecule has 1 aliphatic heterocycles. The molecule has 7 heteroatoms. The highest BCUT2D eigenvalue weighted by atomic mass is 32.1. The monoisotopic (exact) mass is 401 g/mol. The smallest absolute Gasteiger partial charge is 0.291 e. The maximum absolute atomic E-state index is 13.4. The summed E-state index contributed by atoms with van der Waals surface area (Å²) in [4.78, 5) is 42.6. The van der Waals surface area contributed by atoms with E-state index in [0.29, 0.717) is 24.4 Å². The van der Waals surface area contributed by atoms with Crippen LogP contribution in [0.1, 0.15) is 26.8 Å². The number of Topliss-reactive ketones (excluding diaryl/α,β-unsaturated/α-hetero) is 2. The van der Waals surface area contributed by atoms with Gasteiger partial charge in [0, 0.05) is 10.4 Å². The lowest BCUT2D eigenvalue weighted by molar-refractivity contribution is -0.857. The maximum atomic E-state index is 13.4. The summed E-state index contributed by atoms with van der Waals surface area (Å²) in [6.45, 7) is 2.94. The molecule has 0 bridgehead atoms. The minimum Gasteiger partial charge on any atom is -0.497 e. The van der Waals surface area contributed by atoms with Gasteiger partial charge in [-0.2, -0.15) is 0 Å². The number of benzene rings is 1. The van der Waals surface area contributed by atoms with E-state index in [0.717, 1.165) is 10.4 Å². The molecule has 0 saturated carbocycles. The summed E-state index contributed by atoms with van der Waals surface area (Å²) >= 11 is 1.46. The van der Waals surface area contributed by atoms with Crippen molar-refractivity contribution in [2.45, 2.75) is 13.0 Å². The molecule has 1 aliphatic rings. The van der Waals surface area contributed by atoms with Crippen molar-refractivity contribution in [3.8, 4) is 5.75 Å². The topological polar surface area (TPSA) is 68.1 Å². The summed E-state index contributed by atoms with van der Waals surface area (Å²) < 4.78 is 5.20. The molecule has 1 saturated heterocycles. The number of rotatable bonds is 7. The fourth-order valence-electron chi connectivity index (χ4n) is 3.56. The highest BCUT2D eigenvalue weighted by molar-refractivity contribution is 7.10. The van der Waals surface area contributed by atoms with Gasteiger partial charge in [0.25, 0.3) is 5.91 Å². The largest absolute Gasteiger partial charge is 0.497 e. The fourth-order valence-corrected chi connectivity index (χ4v) is 4.43. The molecule has 1 amide bonds. The molecular formula is C21H25N2O4S+. The highest BCUT2D eigenvalue weighted by Gasteiger charge is 2.52. The van der Waals surface area contributed by atoms with E-state index >= 15 is 0 Å². The molecule has 0 spiro atoms. The minimum atomic E-state index is -1.02. The van der Waals surface area contributed by atoms with E-state index in [1.165, 1.54) is 16.2 Å². The molecule has 1 aromatic heterocycles. The molecule has 2 unspecified atom stereocenters. The zero-order chi connectivity index (χ0) is 20.4. The van der Waals surface area contributed by atoms with Crippen molar-refractivity contribution in [3.05, 3.63) is 51.7 Å². The molecule has 1 fully saturated rings. The van der Waals surface area contributed by atoms with Crippen molar-refractivity contribution >= 4 is 28.8 Å². The molecule has 2 atom stereocenters. The Bertz CT molecular complexity index is 892. The third kappa shape index (κ3) is 3.72. The zero-order valence-corrected chi connectivity index (χ0v) is 17.3. The number of likely N-dealkylation sites (N-methyl/N-ethyl adjacent to an activating group) is 1. The number of methoxy groups -OCH3 is 1. The van der Waals surface area contributed by atoms with E-state index in [2.05, 4.69) is 0 Å². The van der Waals surface area contributed by atoms with Gasteiger partial charge in [-0.1, -0.05) is 6.07 Å². The van der Waals surface area contributed by atoms with Crippen LogP contribution in [-0.4, -0.2) is 56.7 Å². The van der Waals surface area contributed by atoms with E-state index < -0.39 is 23.7 Å². The number of amides is 1. The van der Waals surface area contributed by atoms with Crippen molar-refractivity contribution in [1.82, 2.24) is 4.90 Å². The van der Waals surface area contributed by atoms with Crippen LogP contribution in [0, 0.1) is 12.8 Å². The molecule has 0 aliphatic carbocycles. The van der Waals surface area contributed by atoms with Crippen LogP contribution in [0.25, 0.3) is 0 Å². The molecule has 2 heterocycles. The quantitative estimate of drug-likeness (QED) is 0.430. The number of ketones is 2. The third-order valence-electron chi connectivity index (χ3n) is 5.07. The Labute approximate surface area is 168 Å². The number of nitrogens with one attached hydrogen (secondary N) is 1. The van der Waals surface area contributed by atoms with Crippen LogP contribution in [0.3, 0.4) is 0 Å². The van der Waals surface area contributed by atoms with Crippen LogP contribution in [-0.2, 0) is 9.59 Å². The van der Waals surface area contributed by atoms with Crippen molar-refractivity contribution in [3.63, 3.8) is 0 Å². The van der Waals surface area contributed by atoms with E-state index in [1.807, 2.05) is 38.5 Å². The van der Waals surface area contributed by atoms with Crippen molar-refractivity contribution < 1.29 is 24.0 Å². The Kier molecular flexibility index (Phi) is 5.96. The van der Waals surface area contributed by atoms with Gasteiger partial charge in [0.2, 0.25) is 5.78 Å². The van der Waals surface area contributed by atoms with Gasteiger partial charge in [0.15, 0.2) is 5.78 Å². The Balaban J connectivity index is 2.01. The van der Waals surface area contributed by atoms with Crippen molar-refractivity contribution in [2.75, 3.05) is 34.3 Å². The van der Waals surface area contributed by atoms with Crippen molar-refractivity contribution in [2.24, 2.45) is 5.92 Å². The maximum Gasteiger partial charge on any atom is 0.291 e. The number of aryl methyl sites for hydroxylation is 1. The second-order valence-electron chi connectivity index (χ2n) is 7.30. The summed E-state index contributed by atoms with van der Waals surface area (Å²) in [5.74, 6) is -1.86. The first kappa shape index (κ1) is 20.2. The van der Waals surface area contributed by atoms with Gasteiger partial charge < -0.3 is 14.5 Å². The molecule has 1 N–H and O–H groups in total. The van der Waals surface area contributed by atoms with Crippen LogP contribution in [0.4, 0.5) is 0 Å². The predicted octanol–water partition coefficient (Wildman–Crippen LogP) is 1.16. The summed E-state index contributed by atoms with van der Waals surface area (Å²) in [5, 5.41) is 1.90. The lowest BCUT2D eigenvalue weighted by Gasteiger charge is -2.26. The summed E-state index contributed by atoms with van der Waals surface area (Å²) in [6.07, 6.45) is 0. The number of hydrogen-bond donors (Lipinski definition) is 1. The fraction of sp³-hybridized carbons (Fsp3) is 0.381. The molecule has 1 aromatic carbocycles. The van der Waals surface area contributed by atoms with Gasteiger partial charge in [-0.15, -0.1) is 11.3 Å². The normalized spacial score (nSPS) is 19.5. The number of likely N-dealkylation sites (tertiary alicyclic amines) is 1. The summed E-state index contributed by atoms with van der Waals surface area (Å²) in [6, 6.07) is 8.36. The Hall–Kier alpha value is -2.51. The number of nitrogens with zero attached hydrogens (tertiary/aromatic N) is 1. The number of ether oxygens (including phenoxy) is 1. The first-order chi connectivity index (χ1) is 13.3. The van der Waals surface area contributed by atoms with Gasteiger partial charge in [-0.3, -0.25) is 14.4 Å². The predicted molar refractivity (Wildman–Crippen MR) is 107 cm³/mol. The van der Waals surface area contributed by atoms with E-state index in [-0.39, 0.29) is 5.78 Å². The molecule has 2 aromatic rings. The van der Waals surface area contributed by atoms with Crippen LogP contribution < -0.4 is 9.64 Å². The van der Waals surface area contributed by atoms with Gasteiger partial charge in [0.1, 0.15) is 11.7 Å². The average molecular weight is 402 g/mol. The van der Waals surface area contributed by atoms with E-state index in [4.69, 9.17) is 4.74 Å². The number of carbonyl (C=O) groups excluding carboxylic acids is 3. The molecule has 6 nitrogen and oxygen atoms in total. The Morgan fingerprint density at radius 1 is 1.25 bits per heavy atom. The standard InChI is InChI=1S/C21H24N2O4S/c1-13-12-14(27-4)7-8-15(13)19(24)17-18(16-6-5-11-28-16)23(10-9-22(2)3)21(26)20(17)25/h5-8,11-12,17-18H,9-10H2,1-4H3/p+1. The van der Waals surface area contributed by atoms with Crippen LogP contribution in [0.5, 0.6) is 5.75 Å². The van der Waals surface area contributed by atoms with Crippen LogP contribution >= 0.6 is 11.3 Å². The number of carbonyl (C=O) groups is 3. The van der Waals surface area contributed by atoms with Gasteiger partial charge in [0.05, 0.1) is 40.3 Å². The molecule has 28 heavy (non-hydrogen) atoms. The van der Waals surface area contributed by atoms with Crippen LogP contribution in [0.15, 0.2) is 35.7 Å². The minimum absolute atomic E-state index is 0.309. The lowest BCUT2D eigenvalue weighted by atomic mass is 9.87. The van der Waals surface area contributed by atoms with Gasteiger partial charge >= 0.3 is 0 Å². The third-order valence-corrected chi connectivity index (χ3v) is 6.02. The second-order valence-corrected chi connectivity index (χ2v) is 8.28. The number of quaternary nitrogens is 1. The number of thiophene rings is 1. The zero-order valence-electron chi connectivity index (χ0n) is 16.5.